The zero-order valence-corrected chi connectivity index (χ0v) is 12.7. The van der Waals surface area contributed by atoms with Crippen molar-refractivity contribution < 1.29 is 26.3 Å². The highest BCUT2D eigenvalue weighted by molar-refractivity contribution is 7.90. The van der Waals surface area contributed by atoms with E-state index in [-0.39, 0.29) is 23.2 Å². The van der Waals surface area contributed by atoms with E-state index in [9.17, 15) is 21.6 Å². The van der Waals surface area contributed by atoms with Crippen LogP contribution in [0.1, 0.15) is 5.69 Å². The molecule has 6 nitrogen and oxygen atoms in total. The standard InChI is InChI=1S/C13H12F3N3O3S/c1-3-6-22-12-7-10(13(14,15)16)18-19(12)11-5-4-9(8-17-11)23(2,20)21/h3-5,7-8H,1,6H2,2H3. The number of halogens is 3. The molecule has 2 heterocycles. The molecular weight excluding hydrogens is 335 g/mol. The molecule has 0 unspecified atom stereocenters. The monoisotopic (exact) mass is 347 g/mol. The predicted octanol–water partition coefficient (Wildman–Crippen LogP) is 2.25. The van der Waals surface area contributed by atoms with E-state index in [1.807, 2.05) is 0 Å². The van der Waals surface area contributed by atoms with Crippen LogP contribution in [0.25, 0.3) is 5.82 Å². The van der Waals surface area contributed by atoms with Gasteiger partial charge in [0.2, 0.25) is 5.88 Å². The zero-order valence-electron chi connectivity index (χ0n) is 11.9. The number of hydrogen-bond donors (Lipinski definition) is 0. The van der Waals surface area contributed by atoms with Crippen molar-refractivity contribution in [3.05, 3.63) is 42.7 Å². The lowest BCUT2D eigenvalue weighted by Gasteiger charge is -2.07. The lowest BCUT2D eigenvalue weighted by atomic mass is 10.4. The second-order valence-electron chi connectivity index (χ2n) is 4.50. The number of hydrogen-bond acceptors (Lipinski definition) is 5. The lowest BCUT2D eigenvalue weighted by Crippen LogP contribution is -2.09. The van der Waals surface area contributed by atoms with Crippen molar-refractivity contribution in [1.82, 2.24) is 14.8 Å². The van der Waals surface area contributed by atoms with Gasteiger partial charge in [-0.1, -0.05) is 12.7 Å². The first kappa shape index (κ1) is 17.0. The Morgan fingerprint density at radius 2 is 2.09 bits per heavy atom. The fourth-order valence-corrected chi connectivity index (χ4v) is 2.19. The minimum Gasteiger partial charge on any atom is -0.473 e. The van der Waals surface area contributed by atoms with Gasteiger partial charge in [0.25, 0.3) is 0 Å². The minimum absolute atomic E-state index is 0.00744. The highest BCUT2D eigenvalue weighted by Gasteiger charge is 2.35. The van der Waals surface area contributed by atoms with Crippen LogP contribution in [0.2, 0.25) is 0 Å². The van der Waals surface area contributed by atoms with Crippen molar-refractivity contribution in [3.8, 4) is 11.7 Å². The summed E-state index contributed by atoms with van der Waals surface area (Å²) in [5, 5.41) is 3.42. The SMILES string of the molecule is C=CCOc1cc(C(F)(F)F)nn1-c1ccc(S(C)(=O)=O)cn1. The molecule has 124 valence electrons. The van der Waals surface area contributed by atoms with Crippen LogP contribution in [0.5, 0.6) is 5.88 Å². The van der Waals surface area contributed by atoms with Gasteiger partial charge in [0, 0.05) is 18.5 Å². The Hall–Kier alpha value is -2.36. The topological polar surface area (TPSA) is 74.1 Å². The van der Waals surface area contributed by atoms with Crippen LogP contribution in [0.4, 0.5) is 13.2 Å². The molecule has 0 saturated carbocycles. The number of ether oxygens (including phenoxy) is 1. The summed E-state index contributed by atoms with van der Waals surface area (Å²) in [6, 6.07) is 3.20. The van der Waals surface area contributed by atoms with E-state index in [4.69, 9.17) is 4.74 Å². The summed E-state index contributed by atoms with van der Waals surface area (Å²) in [5.74, 6) is -0.191. The first-order chi connectivity index (χ1) is 10.6. The van der Waals surface area contributed by atoms with E-state index >= 15 is 0 Å². The molecule has 0 bridgehead atoms. The summed E-state index contributed by atoms with van der Waals surface area (Å²) < 4.78 is 67.1. The van der Waals surface area contributed by atoms with Gasteiger partial charge in [-0.05, 0) is 12.1 Å². The smallest absolute Gasteiger partial charge is 0.435 e. The molecule has 2 aromatic rings. The highest BCUT2D eigenvalue weighted by atomic mass is 32.2. The molecule has 0 fully saturated rings. The number of nitrogens with zero attached hydrogens (tertiary/aromatic N) is 3. The number of aromatic nitrogens is 3. The fraction of sp³-hybridized carbons (Fsp3) is 0.231. The van der Waals surface area contributed by atoms with Gasteiger partial charge in [-0.3, -0.25) is 0 Å². The summed E-state index contributed by atoms with van der Waals surface area (Å²) >= 11 is 0. The largest absolute Gasteiger partial charge is 0.473 e. The van der Waals surface area contributed by atoms with Crippen molar-refractivity contribution in [2.45, 2.75) is 11.1 Å². The van der Waals surface area contributed by atoms with Crippen molar-refractivity contribution in [1.29, 1.82) is 0 Å². The molecule has 0 radical (unpaired) electrons. The number of alkyl halides is 3. The van der Waals surface area contributed by atoms with E-state index in [0.29, 0.717) is 0 Å². The van der Waals surface area contributed by atoms with Crippen LogP contribution < -0.4 is 4.74 Å². The molecule has 0 aliphatic rings. The van der Waals surface area contributed by atoms with E-state index in [0.717, 1.165) is 23.2 Å². The van der Waals surface area contributed by atoms with Gasteiger partial charge >= 0.3 is 6.18 Å². The molecule has 23 heavy (non-hydrogen) atoms. The van der Waals surface area contributed by atoms with Crippen molar-refractivity contribution in [2.24, 2.45) is 0 Å². The zero-order chi connectivity index (χ0) is 17.3. The minimum atomic E-state index is -4.65. The van der Waals surface area contributed by atoms with E-state index in [1.165, 1.54) is 18.2 Å². The molecule has 0 aromatic carbocycles. The molecule has 0 saturated heterocycles. The first-order valence-electron chi connectivity index (χ1n) is 6.20. The third-order valence-electron chi connectivity index (χ3n) is 2.68. The van der Waals surface area contributed by atoms with Gasteiger partial charge in [0.05, 0.1) is 4.90 Å². The maximum absolute atomic E-state index is 12.8. The van der Waals surface area contributed by atoms with Gasteiger partial charge in [-0.2, -0.15) is 23.0 Å². The molecule has 0 N–H and O–H groups in total. The normalized spacial score (nSPS) is 12.2. The molecular formula is C13H12F3N3O3S. The number of sulfone groups is 1. The van der Waals surface area contributed by atoms with Crippen molar-refractivity contribution in [2.75, 3.05) is 12.9 Å². The summed E-state index contributed by atoms with van der Waals surface area (Å²) in [6.07, 6.45) is -1.25. The molecule has 10 heteroatoms. The summed E-state index contributed by atoms with van der Waals surface area (Å²) in [6.45, 7) is 3.39. The highest BCUT2D eigenvalue weighted by Crippen LogP contribution is 2.31. The van der Waals surface area contributed by atoms with Gasteiger partial charge in [-0.15, -0.1) is 0 Å². The molecule has 2 rings (SSSR count). The third kappa shape index (κ3) is 3.89. The molecule has 0 atom stereocenters. The van der Waals surface area contributed by atoms with Crippen LogP contribution in [-0.4, -0.2) is 36.0 Å². The maximum atomic E-state index is 12.8. The maximum Gasteiger partial charge on any atom is 0.435 e. The molecule has 0 spiro atoms. The number of pyridine rings is 1. The van der Waals surface area contributed by atoms with Crippen LogP contribution >= 0.6 is 0 Å². The van der Waals surface area contributed by atoms with Gasteiger partial charge < -0.3 is 4.74 Å². The summed E-state index contributed by atoms with van der Waals surface area (Å²) in [5.41, 5.74) is -1.15. The van der Waals surface area contributed by atoms with Crippen molar-refractivity contribution >= 4 is 9.84 Å². The van der Waals surface area contributed by atoms with E-state index in [1.54, 1.807) is 0 Å². The number of rotatable bonds is 5. The van der Waals surface area contributed by atoms with Gasteiger partial charge in [-0.25, -0.2) is 13.4 Å². The Morgan fingerprint density at radius 3 is 2.57 bits per heavy atom. The Balaban J connectivity index is 2.48. The van der Waals surface area contributed by atoms with Crippen LogP contribution in [0.15, 0.2) is 41.9 Å². The van der Waals surface area contributed by atoms with Gasteiger partial charge in [0.15, 0.2) is 21.3 Å². The van der Waals surface area contributed by atoms with Crippen molar-refractivity contribution in [3.63, 3.8) is 0 Å². The Labute approximate surface area is 130 Å². The second-order valence-corrected chi connectivity index (χ2v) is 6.52. The summed E-state index contributed by atoms with van der Waals surface area (Å²) in [7, 11) is -3.46. The summed E-state index contributed by atoms with van der Waals surface area (Å²) in [4.78, 5) is 3.77. The lowest BCUT2D eigenvalue weighted by molar-refractivity contribution is -0.141. The second kappa shape index (κ2) is 6.03. The third-order valence-corrected chi connectivity index (χ3v) is 3.78. The van der Waals surface area contributed by atoms with Crippen LogP contribution in [-0.2, 0) is 16.0 Å². The quantitative estimate of drug-likeness (QED) is 0.776. The Kier molecular flexibility index (Phi) is 4.46. The average Bonchev–Trinajstić information content (AvgIpc) is 2.88. The van der Waals surface area contributed by atoms with Crippen LogP contribution in [0, 0.1) is 0 Å². The predicted molar refractivity (Wildman–Crippen MR) is 75.2 cm³/mol. The van der Waals surface area contributed by atoms with Crippen LogP contribution in [0.3, 0.4) is 0 Å². The van der Waals surface area contributed by atoms with E-state index in [2.05, 4.69) is 16.7 Å². The molecule has 2 aromatic heterocycles. The van der Waals surface area contributed by atoms with E-state index < -0.39 is 21.7 Å². The fourth-order valence-electron chi connectivity index (χ4n) is 1.63. The Morgan fingerprint density at radius 1 is 1.39 bits per heavy atom. The molecule has 0 aliphatic carbocycles. The molecule has 0 amide bonds. The first-order valence-corrected chi connectivity index (χ1v) is 8.09. The average molecular weight is 347 g/mol. The Bertz CT molecular complexity index is 811. The van der Waals surface area contributed by atoms with Gasteiger partial charge in [0.1, 0.15) is 6.61 Å². The molecule has 0 aliphatic heterocycles.